The van der Waals surface area contributed by atoms with Crippen LogP contribution >= 0.6 is 0 Å². The highest BCUT2D eigenvalue weighted by atomic mass is 16.3. The average molecular weight is 338 g/mol. The van der Waals surface area contributed by atoms with Gasteiger partial charge in [-0.05, 0) is 32.0 Å². The molecule has 0 aliphatic carbocycles. The van der Waals surface area contributed by atoms with Crippen LogP contribution in [-0.2, 0) is 7.05 Å². The molecule has 3 heterocycles. The largest absolute Gasteiger partial charge is 0.401 e. The first kappa shape index (κ1) is 16.9. The number of aliphatic imine (C=N–C) groups is 1. The van der Waals surface area contributed by atoms with Gasteiger partial charge in [-0.25, -0.2) is 4.98 Å². The Balaban J connectivity index is 2.03. The van der Waals surface area contributed by atoms with Crippen molar-refractivity contribution in [1.82, 2.24) is 14.5 Å². The lowest BCUT2D eigenvalue weighted by Crippen LogP contribution is -2.16. The number of nitrogens with zero attached hydrogens (tertiary/aromatic N) is 4. The normalized spacial score (nSPS) is 13.4. The van der Waals surface area contributed by atoms with Crippen molar-refractivity contribution in [3.8, 4) is 0 Å². The zero-order valence-corrected chi connectivity index (χ0v) is 14.6. The maximum absolute atomic E-state index is 8.95. The SMILES string of the molecule is CC(=NCCO)C(Nc1ccc2c3cnccc3n(C)c2n1)=C(C)N. The first-order valence-corrected chi connectivity index (χ1v) is 8.07. The number of hydrogen-bond donors (Lipinski definition) is 3. The second-order valence-electron chi connectivity index (χ2n) is 5.89. The molecule has 4 N–H and O–H groups in total. The summed E-state index contributed by atoms with van der Waals surface area (Å²) in [5.41, 5.74) is 10.0. The Morgan fingerprint density at radius 2 is 2.08 bits per heavy atom. The molecule has 7 nitrogen and oxygen atoms in total. The van der Waals surface area contributed by atoms with Gasteiger partial charge in [0.25, 0.3) is 0 Å². The van der Waals surface area contributed by atoms with Gasteiger partial charge in [0.2, 0.25) is 0 Å². The summed E-state index contributed by atoms with van der Waals surface area (Å²) in [5, 5.41) is 14.3. The van der Waals surface area contributed by atoms with E-state index < -0.39 is 0 Å². The Morgan fingerprint density at radius 3 is 2.80 bits per heavy atom. The summed E-state index contributed by atoms with van der Waals surface area (Å²) in [6.07, 6.45) is 3.63. The monoisotopic (exact) mass is 338 g/mol. The molecule has 0 aliphatic heterocycles. The summed E-state index contributed by atoms with van der Waals surface area (Å²) >= 11 is 0. The van der Waals surface area contributed by atoms with Crippen LogP contribution in [0.4, 0.5) is 5.82 Å². The molecule has 25 heavy (non-hydrogen) atoms. The van der Waals surface area contributed by atoms with Gasteiger partial charge in [0.05, 0.1) is 30.1 Å². The van der Waals surface area contributed by atoms with Gasteiger partial charge >= 0.3 is 0 Å². The van der Waals surface area contributed by atoms with Crippen LogP contribution in [0.5, 0.6) is 0 Å². The topological polar surface area (TPSA) is 101 Å². The number of aliphatic hydroxyl groups excluding tert-OH is 1. The molecule has 7 heteroatoms. The molecule has 130 valence electrons. The molecule has 0 spiro atoms. The van der Waals surface area contributed by atoms with E-state index in [1.165, 1.54) is 0 Å². The third-order valence-corrected chi connectivity index (χ3v) is 4.10. The molecule has 0 unspecified atom stereocenters. The van der Waals surface area contributed by atoms with E-state index in [9.17, 15) is 0 Å². The lowest BCUT2D eigenvalue weighted by molar-refractivity contribution is 0.307. The molecule has 0 atom stereocenters. The second-order valence-corrected chi connectivity index (χ2v) is 5.89. The van der Waals surface area contributed by atoms with Crippen LogP contribution in [0.3, 0.4) is 0 Å². The predicted octanol–water partition coefficient (Wildman–Crippen LogP) is 2.18. The second kappa shape index (κ2) is 6.90. The summed E-state index contributed by atoms with van der Waals surface area (Å²) < 4.78 is 2.04. The van der Waals surface area contributed by atoms with E-state index in [2.05, 4.69) is 15.3 Å². The van der Waals surface area contributed by atoms with Crippen molar-refractivity contribution in [2.24, 2.45) is 17.8 Å². The Morgan fingerprint density at radius 1 is 1.28 bits per heavy atom. The smallest absolute Gasteiger partial charge is 0.143 e. The van der Waals surface area contributed by atoms with E-state index in [1.54, 1.807) is 13.1 Å². The van der Waals surface area contributed by atoms with Crippen molar-refractivity contribution in [2.45, 2.75) is 13.8 Å². The van der Waals surface area contributed by atoms with Crippen molar-refractivity contribution in [1.29, 1.82) is 0 Å². The molecule has 3 rings (SSSR count). The zero-order chi connectivity index (χ0) is 18.0. The molecule has 0 amide bonds. The van der Waals surface area contributed by atoms with Crippen LogP contribution in [-0.4, -0.2) is 38.5 Å². The van der Waals surface area contributed by atoms with Crippen LogP contribution < -0.4 is 11.1 Å². The first-order chi connectivity index (χ1) is 12.0. The summed E-state index contributed by atoms with van der Waals surface area (Å²) in [6, 6.07) is 5.92. The van der Waals surface area contributed by atoms with Crippen molar-refractivity contribution >= 4 is 33.5 Å². The van der Waals surface area contributed by atoms with Crippen LogP contribution in [0.1, 0.15) is 13.8 Å². The highest BCUT2D eigenvalue weighted by molar-refractivity contribution is 6.07. The fourth-order valence-corrected chi connectivity index (χ4v) is 2.88. The molecule has 0 saturated carbocycles. The van der Waals surface area contributed by atoms with Gasteiger partial charge in [-0.2, -0.15) is 0 Å². The number of hydrogen-bond acceptors (Lipinski definition) is 6. The highest BCUT2D eigenvalue weighted by Gasteiger charge is 2.12. The Kier molecular flexibility index (Phi) is 4.67. The first-order valence-electron chi connectivity index (χ1n) is 8.07. The van der Waals surface area contributed by atoms with Gasteiger partial charge in [0.1, 0.15) is 11.5 Å². The molecule has 0 fully saturated rings. The molecule has 0 saturated heterocycles. The van der Waals surface area contributed by atoms with Crippen molar-refractivity contribution in [3.05, 3.63) is 42.0 Å². The number of fused-ring (bicyclic) bond motifs is 3. The van der Waals surface area contributed by atoms with E-state index in [1.807, 2.05) is 42.9 Å². The highest BCUT2D eigenvalue weighted by Crippen LogP contribution is 2.27. The quantitative estimate of drug-likeness (QED) is 0.619. The molecule has 0 aromatic carbocycles. The van der Waals surface area contributed by atoms with Crippen LogP contribution in [0.15, 0.2) is 47.0 Å². The van der Waals surface area contributed by atoms with Crippen molar-refractivity contribution < 1.29 is 5.11 Å². The number of nitrogens with two attached hydrogens (primary N) is 1. The summed E-state index contributed by atoms with van der Waals surface area (Å²) in [4.78, 5) is 13.2. The van der Waals surface area contributed by atoms with E-state index in [4.69, 9.17) is 15.8 Å². The van der Waals surface area contributed by atoms with Gasteiger partial charge in [-0.1, -0.05) is 0 Å². The Bertz CT molecular complexity index is 982. The van der Waals surface area contributed by atoms with Gasteiger partial charge in [0.15, 0.2) is 0 Å². The number of allylic oxidation sites excluding steroid dienone is 2. The average Bonchev–Trinajstić information content (AvgIpc) is 2.90. The Hall–Kier alpha value is -2.93. The van der Waals surface area contributed by atoms with Crippen molar-refractivity contribution in [2.75, 3.05) is 18.5 Å². The molecule has 0 radical (unpaired) electrons. The number of anilines is 1. The fourth-order valence-electron chi connectivity index (χ4n) is 2.88. The van der Waals surface area contributed by atoms with Gasteiger partial charge in [-0.15, -0.1) is 0 Å². The summed E-state index contributed by atoms with van der Waals surface area (Å²) in [6.45, 7) is 4.01. The number of aromatic nitrogens is 3. The molecule has 3 aromatic rings. The minimum atomic E-state index is 0.00240. The Labute approximate surface area is 145 Å². The molecule has 3 aromatic heterocycles. The molecular formula is C18H22N6O. The summed E-state index contributed by atoms with van der Waals surface area (Å²) in [5.74, 6) is 0.685. The minimum Gasteiger partial charge on any atom is -0.401 e. The lowest BCUT2D eigenvalue weighted by atomic mass is 10.2. The van der Waals surface area contributed by atoms with Gasteiger partial charge in [-0.3, -0.25) is 9.98 Å². The van der Waals surface area contributed by atoms with Gasteiger partial charge < -0.3 is 20.7 Å². The molecule has 0 aliphatic rings. The number of nitrogens with one attached hydrogen (secondary N) is 1. The number of aliphatic hydroxyl groups is 1. The third kappa shape index (κ3) is 3.18. The number of pyridine rings is 2. The minimum absolute atomic E-state index is 0.00240. The fraction of sp³-hybridized carbons (Fsp3) is 0.278. The molecular weight excluding hydrogens is 316 g/mol. The molecule has 0 bridgehead atoms. The van der Waals surface area contributed by atoms with E-state index in [0.29, 0.717) is 23.8 Å². The third-order valence-electron chi connectivity index (χ3n) is 4.10. The van der Waals surface area contributed by atoms with E-state index >= 15 is 0 Å². The van der Waals surface area contributed by atoms with Crippen LogP contribution in [0.25, 0.3) is 21.9 Å². The maximum Gasteiger partial charge on any atom is 0.143 e. The summed E-state index contributed by atoms with van der Waals surface area (Å²) in [7, 11) is 1.99. The van der Waals surface area contributed by atoms with Crippen LogP contribution in [0.2, 0.25) is 0 Å². The van der Waals surface area contributed by atoms with E-state index in [-0.39, 0.29) is 6.61 Å². The maximum atomic E-state index is 8.95. The number of aryl methyl sites for hydroxylation is 1. The van der Waals surface area contributed by atoms with Gasteiger partial charge in [0, 0.05) is 35.9 Å². The van der Waals surface area contributed by atoms with Crippen LogP contribution in [0, 0.1) is 0 Å². The number of rotatable bonds is 5. The van der Waals surface area contributed by atoms with Crippen molar-refractivity contribution in [3.63, 3.8) is 0 Å². The standard InChI is InChI=1S/C18H22N6O/c1-11(19)17(12(2)21-8-9-25)22-16-5-4-13-14-10-20-7-6-15(14)24(3)18(13)23-16/h4-7,10,25H,8-9,19H2,1-3H3,(H,22,23). The van der Waals surface area contributed by atoms with E-state index in [0.717, 1.165) is 27.6 Å². The zero-order valence-electron chi connectivity index (χ0n) is 14.6. The predicted molar refractivity (Wildman–Crippen MR) is 102 cm³/mol. The lowest BCUT2D eigenvalue weighted by Gasteiger charge is -2.12.